The highest BCUT2D eigenvalue weighted by atomic mass is 19.4. The van der Waals surface area contributed by atoms with Crippen molar-refractivity contribution < 1.29 is 18.0 Å². The molecule has 1 heterocycles. The molecule has 0 radical (unpaired) electrons. The summed E-state index contributed by atoms with van der Waals surface area (Å²) in [5.74, 6) is 0. The van der Waals surface area contributed by atoms with E-state index >= 15 is 0 Å². The number of anilines is 1. The van der Waals surface area contributed by atoms with Crippen molar-refractivity contribution in [3.05, 3.63) is 23.5 Å². The first-order chi connectivity index (χ1) is 7.34. The number of aryl methyl sites for hydroxylation is 1. The molecule has 0 aliphatic carbocycles. The van der Waals surface area contributed by atoms with E-state index in [2.05, 4.69) is 15.6 Å². The van der Waals surface area contributed by atoms with Gasteiger partial charge in [0.2, 0.25) is 0 Å². The normalized spacial score (nSPS) is 11.1. The predicted octanol–water partition coefficient (Wildman–Crippen LogP) is 2.16. The number of aromatic nitrogens is 1. The van der Waals surface area contributed by atoms with E-state index in [1.165, 1.54) is 20.0 Å². The summed E-state index contributed by atoms with van der Waals surface area (Å²) in [6.45, 7) is 1.39. The zero-order valence-corrected chi connectivity index (χ0v) is 8.64. The van der Waals surface area contributed by atoms with Crippen LogP contribution in [0.5, 0.6) is 0 Å². The van der Waals surface area contributed by atoms with Gasteiger partial charge in [-0.3, -0.25) is 0 Å². The molecule has 0 atom stereocenters. The van der Waals surface area contributed by atoms with Crippen molar-refractivity contribution in [2.75, 3.05) is 12.4 Å². The second-order valence-electron chi connectivity index (χ2n) is 3.03. The van der Waals surface area contributed by atoms with Gasteiger partial charge in [-0.25, -0.2) is 9.78 Å². The van der Waals surface area contributed by atoms with E-state index in [1.807, 2.05) is 0 Å². The zero-order chi connectivity index (χ0) is 12.3. The standard InChI is InChI=1S/C9H10F3N3O/c1-5-6(15-8(16)13-2)3-4-7(14-5)9(10,11)12/h3-4H,1-2H3,(H2,13,15,16). The molecule has 4 nitrogen and oxygen atoms in total. The molecule has 7 heteroatoms. The van der Waals surface area contributed by atoms with E-state index in [4.69, 9.17) is 0 Å². The number of carbonyl (C=O) groups is 1. The highest BCUT2D eigenvalue weighted by molar-refractivity contribution is 5.89. The van der Waals surface area contributed by atoms with Gasteiger partial charge >= 0.3 is 12.2 Å². The molecule has 0 aliphatic heterocycles. The van der Waals surface area contributed by atoms with Gasteiger partial charge in [-0.1, -0.05) is 0 Å². The van der Waals surface area contributed by atoms with Crippen molar-refractivity contribution in [3.63, 3.8) is 0 Å². The molecule has 0 fully saturated rings. The van der Waals surface area contributed by atoms with Gasteiger partial charge in [-0.2, -0.15) is 13.2 Å². The van der Waals surface area contributed by atoms with Crippen LogP contribution < -0.4 is 10.6 Å². The molecule has 0 saturated carbocycles. The molecule has 1 rings (SSSR count). The molecule has 1 aromatic rings. The van der Waals surface area contributed by atoms with Gasteiger partial charge in [-0.15, -0.1) is 0 Å². The SMILES string of the molecule is CNC(=O)Nc1ccc(C(F)(F)F)nc1C. The third-order valence-corrected chi connectivity index (χ3v) is 1.85. The third kappa shape index (κ3) is 2.85. The smallest absolute Gasteiger partial charge is 0.341 e. The largest absolute Gasteiger partial charge is 0.433 e. The van der Waals surface area contributed by atoms with Crippen LogP contribution in [0.1, 0.15) is 11.4 Å². The van der Waals surface area contributed by atoms with Crippen LogP contribution in [0.25, 0.3) is 0 Å². The number of nitrogens with one attached hydrogen (secondary N) is 2. The average Bonchev–Trinajstić information content (AvgIpc) is 2.19. The quantitative estimate of drug-likeness (QED) is 0.780. The number of amides is 2. The number of hydrogen-bond acceptors (Lipinski definition) is 2. The average molecular weight is 233 g/mol. The van der Waals surface area contributed by atoms with E-state index in [0.717, 1.165) is 6.07 Å². The number of nitrogens with zero attached hydrogens (tertiary/aromatic N) is 1. The second kappa shape index (κ2) is 4.38. The maximum absolute atomic E-state index is 12.3. The lowest BCUT2D eigenvalue weighted by Gasteiger charge is -2.10. The van der Waals surface area contributed by atoms with Crippen molar-refractivity contribution in [2.45, 2.75) is 13.1 Å². The number of halogens is 3. The summed E-state index contributed by atoms with van der Waals surface area (Å²) in [4.78, 5) is 14.3. The van der Waals surface area contributed by atoms with Gasteiger partial charge in [0, 0.05) is 7.05 Å². The molecule has 0 aliphatic rings. The van der Waals surface area contributed by atoms with E-state index in [0.29, 0.717) is 0 Å². The molecular formula is C9H10F3N3O. The molecule has 2 N–H and O–H groups in total. The molecule has 0 unspecified atom stereocenters. The van der Waals surface area contributed by atoms with Crippen LogP contribution in [-0.2, 0) is 6.18 Å². The van der Waals surface area contributed by atoms with E-state index < -0.39 is 17.9 Å². The summed E-state index contributed by atoms with van der Waals surface area (Å²) in [6.07, 6.45) is -4.48. The van der Waals surface area contributed by atoms with Crippen molar-refractivity contribution in [1.29, 1.82) is 0 Å². The Morgan fingerprint density at radius 2 is 2.00 bits per heavy atom. The number of urea groups is 1. The predicted molar refractivity (Wildman–Crippen MR) is 52.1 cm³/mol. The summed E-state index contributed by atoms with van der Waals surface area (Å²) in [5, 5.41) is 4.64. The van der Waals surface area contributed by atoms with E-state index in [1.54, 1.807) is 0 Å². The zero-order valence-electron chi connectivity index (χ0n) is 8.64. The first-order valence-corrected chi connectivity index (χ1v) is 4.38. The molecule has 0 spiro atoms. The molecular weight excluding hydrogens is 223 g/mol. The lowest BCUT2D eigenvalue weighted by atomic mass is 10.2. The van der Waals surface area contributed by atoms with Gasteiger partial charge in [0.25, 0.3) is 0 Å². The number of carbonyl (C=O) groups excluding carboxylic acids is 1. The third-order valence-electron chi connectivity index (χ3n) is 1.85. The van der Waals surface area contributed by atoms with Crippen LogP contribution in [0, 0.1) is 6.92 Å². The number of rotatable bonds is 1. The molecule has 0 aromatic carbocycles. The number of alkyl halides is 3. The fourth-order valence-electron chi connectivity index (χ4n) is 1.04. The summed E-state index contributed by atoms with van der Waals surface area (Å²) < 4.78 is 36.8. The van der Waals surface area contributed by atoms with Crippen LogP contribution in [0.15, 0.2) is 12.1 Å². The molecule has 0 saturated heterocycles. The molecule has 0 bridgehead atoms. The Morgan fingerprint density at radius 3 is 2.44 bits per heavy atom. The summed E-state index contributed by atoms with van der Waals surface area (Å²) in [7, 11) is 1.40. The summed E-state index contributed by atoms with van der Waals surface area (Å²) >= 11 is 0. The minimum Gasteiger partial charge on any atom is -0.341 e. The lowest BCUT2D eigenvalue weighted by molar-refractivity contribution is -0.141. The second-order valence-corrected chi connectivity index (χ2v) is 3.03. The topological polar surface area (TPSA) is 54.0 Å². The van der Waals surface area contributed by atoms with Crippen LogP contribution in [0.3, 0.4) is 0 Å². The minimum atomic E-state index is -4.48. The van der Waals surface area contributed by atoms with Crippen LogP contribution >= 0.6 is 0 Å². The van der Waals surface area contributed by atoms with E-state index in [-0.39, 0.29) is 11.4 Å². The number of pyridine rings is 1. The molecule has 1 aromatic heterocycles. The van der Waals surface area contributed by atoms with Gasteiger partial charge in [0.1, 0.15) is 5.69 Å². The highest BCUT2D eigenvalue weighted by Gasteiger charge is 2.32. The molecule has 2 amide bonds. The van der Waals surface area contributed by atoms with Crippen molar-refractivity contribution >= 4 is 11.7 Å². The first kappa shape index (κ1) is 12.3. The Morgan fingerprint density at radius 1 is 1.38 bits per heavy atom. The highest BCUT2D eigenvalue weighted by Crippen LogP contribution is 2.29. The van der Waals surface area contributed by atoms with Gasteiger partial charge in [0.05, 0.1) is 11.4 Å². The van der Waals surface area contributed by atoms with Crippen LogP contribution in [0.2, 0.25) is 0 Å². The molecule has 16 heavy (non-hydrogen) atoms. The van der Waals surface area contributed by atoms with Gasteiger partial charge in [-0.05, 0) is 19.1 Å². The maximum Gasteiger partial charge on any atom is 0.433 e. The number of hydrogen-bond donors (Lipinski definition) is 2. The fourth-order valence-corrected chi connectivity index (χ4v) is 1.04. The van der Waals surface area contributed by atoms with Crippen LogP contribution in [0.4, 0.5) is 23.7 Å². The van der Waals surface area contributed by atoms with Gasteiger partial charge < -0.3 is 10.6 Å². The van der Waals surface area contributed by atoms with Crippen molar-refractivity contribution in [3.8, 4) is 0 Å². The Bertz CT molecular complexity index is 403. The lowest BCUT2D eigenvalue weighted by Crippen LogP contribution is -2.25. The summed E-state index contributed by atoms with van der Waals surface area (Å²) in [6, 6.07) is 1.48. The van der Waals surface area contributed by atoms with Gasteiger partial charge in [0.15, 0.2) is 0 Å². The van der Waals surface area contributed by atoms with Crippen molar-refractivity contribution in [2.24, 2.45) is 0 Å². The van der Waals surface area contributed by atoms with Crippen LogP contribution in [-0.4, -0.2) is 18.1 Å². The maximum atomic E-state index is 12.3. The Labute approximate surface area is 89.9 Å². The molecule has 88 valence electrons. The Kier molecular flexibility index (Phi) is 3.36. The minimum absolute atomic E-state index is 0.110. The Hall–Kier alpha value is -1.79. The summed E-state index contributed by atoms with van der Waals surface area (Å²) in [5.41, 5.74) is -0.627. The first-order valence-electron chi connectivity index (χ1n) is 4.38. The van der Waals surface area contributed by atoms with Crippen molar-refractivity contribution in [1.82, 2.24) is 10.3 Å². The monoisotopic (exact) mass is 233 g/mol. The Balaban J connectivity index is 2.96. The van der Waals surface area contributed by atoms with E-state index in [9.17, 15) is 18.0 Å². The fraction of sp³-hybridized carbons (Fsp3) is 0.333.